The van der Waals surface area contributed by atoms with Gasteiger partial charge in [0.15, 0.2) is 0 Å². The summed E-state index contributed by atoms with van der Waals surface area (Å²) in [6.45, 7) is 5.18. The van der Waals surface area contributed by atoms with Crippen molar-refractivity contribution in [2.45, 2.75) is 26.4 Å². The van der Waals surface area contributed by atoms with Crippen LogP contribution in [0.1, 0.15) is 12.1 Å². The summed E-state index contributed by atoms with van der Waals surface area (Å²) >= 11 is 0. The first kappa shape index (κ1) is 13.5. The van der Waals surface area contributed by atoms with Crippen LogP contribution in [0.15, 0.2) is 18.6 Å². The smallest absolute Gasteiger partial charge is 0.203 e. The van der Waals surface area contributed by atoms with Gasteiger partial charge in [0.2, 0.25) is 5.95 Å². The Hall–Kier alpha value is -1.89. The lowest BCUT2D eigenvalue weighted by atomic mass is 10.4. The maximum absolute atomic E-state index is 5.09. The minimum atomic E-state index is 0.684. The van der Waals surface area contributed by atoms with Crippen LogP contribution in [0.5, 0.6) is 0 Å². The lowest BCUT2D eigenvalue weighted by Crippen LogP contribution is -2.12. The number of rotatable bonds is 8. The van der Waals surface area contributed by atoms with Gasteiger partial charge in [-0.2, -0.15) is 0 Å². The van der Waals surface area contributed by atoms with Crippen molar-refractivity contribution in [1.29, 1.82) is 0 Å². The monoisotopic (exact) mass is 264 g/mol. The molecule has 0 aliphatic carbocycles. The van der Waals surface area contributed by atoms with Crippen LogP contribution in [0, 0.1) is 6.92 Å². The molecule has 2 aromatic heterocycles. The van der Waals surface area contributed by atoms with E-state index in [9.17, 15) is 0 Å². The average Bonchev–Trinajstić information content (AvgIpc) is 3.02. The molecule has 0 spiro atoms. The minimum Gasteiger partial charge on any atom is -0.383 e. The molecule has 19 heavy (non-hydrogen) atoms. The van der Waals surface area contributed by atoms with Crippen molar-refractivity contribution in [3.63, 3.8) is 0 Å². The molecule has 0 saturated carbocycles. The summed E-state index contributed by atoms with van der Waals surface area (Å²) in [5, 5.41) is 11.0. The molecule has 2 aromatic rings. The number of ether oxygens (including phenoxy) is 1. The Balaban J connectivity index is 1.78. The molecule has 0 aliphatic heterocycles. The molecule has 2 rings (SSSR count). The fourth-order valence-corrected chi connectivity index (χ4v) is 1.84. The van der Waals surface area contributed by atoms with E-state index >= 15 is 0 Å². The summed E-state index contributed by atoms with van der Waals surface area (Å²) < 4.78 is 8.99. The van der Waals surface area contributed by atoms with E-state index in [0.717, 1.165) is 37.7 Å². The van der Waals surface area contributed by atoms with E-state index in [0.29, 0.717) is 6.61 Å². The average molecular weight is 264 g/mol. The number of hydrogen-bond acceptors (Lipinski definition) is 5. The van der Waals surface area contributed by atoms with Crippen LogP contribution < -0.4 is 5.32 Å². The zero-order valence-corrected chi connectivity index (χ0v) is 11.4. The fourth-order valence-electron chi connectivity index (χ4n) is 1.84. The standard InChI is InChI=1S/C12H20N6O/c1-11-10-17(8-9-19-2)12(15-11)13-4-3-6-18-7-5-14-16-18/h5,7,10H,3-4,6,8-9H2,1-2H3,(H,13,15). The van der Waals surface area contributed by atoms with Gasteiger partial charge in [-0.3, -0.25) is 4.68 Å². The third kappa shape index (κ3) is 4.06. The molecule has 0 unspecified atom stereocenters. The third-order valence-corrected chi connectivity index (χ3v) is 2.75. The summed E-state index contributed by atoms with van der Waals surface area (Å²) in [5.41, 5.74) is 1.01. The van der Waals surface area contributed by atoms with Crippen LogP contribution >= 0.6 is 0 Å². The zero-order chi connectivity index (χ0) is 13.5. The molecule has 104 valence electrons. The van der Waals surface area contributed by atoms with Gasteiger partial charge in [-0.25, -0.2) is 4.98 Å². The molecule has 7 nitrogen and oxygen atoms in total. The second kappa shape index (κ2) is 6.89. The Labute approximate surface area is 112 Å². The highest BCUT2D eigenvalue weighted by Gasteiger charge is 2.04. The molecule has 1 N–H and O–H groups in total. The van der Waals surface area contributed by atoms with Crippen LogP contribution in [0.3, 0.4) is 0 Å². The fraction of sp³-hybridized carbons (Fsp3) is 0.583. The molecule has 0 radical (unpaired) electrons. The summed E-state index contributed by atoms with van der Waals surface area (Å²) in [6.07, 6.45) is 6.55. The second-order valence-corrected chi connectivity index (χ2v) is 4.34. The van der Waals surface area contributed by atoms with Crippen molar-refractivity contribution < 1.29 is 4.74 Å². The minimum absolute atomic E-state index is 0.684. The second-order valence-electron chi connectivity index (χ2n) is 4.34. The molecular weight excluding hydrogens is 244 g/mol. The van der Waals surface area contributed by atoms with Gasteiger partial charge >= 0.3 is 0 Å². The molecule has 0 saturated heterocycles. The number of aromatic nitrogens is 5. The number of nitrogens with one attached hydrogen (secondary N) is 1. The van der Waals surface area contributed by atoms with Crippen molar-refractivity contribution in [3.8, 4) is 0 Å². The molecule has 0 aliphatic rings. The van der Waals surface area contributed by atoms with Crippen molar-refractivity contribution >= 4 is 5.95 Å². The van der Waals surface area contributed by atoms with Crippen molar-refractivity contribution in [3.05, 3.63) is 24.3 Å². The lowest BCUT2D eigenvalue weighted by molar-refractivity contribution is 0.187. The summed E-state index contributed by atoms with van der Waals surface area (Å²) in [6, 6.07) is 0. The number of anilines is 1. The lowest BCUT2D eigenvalue weighted by Gasteiger charge is -2.09. The van der Waals surface area contributed by atoms with Crippen LogP contribution in [-0.4, -0.2) is 44.8 Å². The van der Waals surface area contributed by atoms with Gasteiger partial charge in [0.25, 0.3) is 0 Å². The number of hydrogen-bond donors (Lipinski definition) is 1. The summed E-state index contributed by atoms with van der Waals surface area (Å²) in [5.74, 6) is 0.896. The zero-order valence-electron chi connectivity index (χ0n) is 11.4. The van der Waals surface area contributed by atoms with E-state index in [4.69, 9.17) is 4.74 Å². The van der Waals surface area contributed by atoms with Crippen molar-refractivity contribution in [1.82, 2.24) is 24.5 Å². The normalized spacial score (nSPS) is 10.8. The van der Waals surface area contributed by atoms with E-state index in [1.54, 1.807) is 13.3 Å². The first-order valence-electron chi connectivity index (χ1n) is 6.40. The van der Waals surface area contributed by atoms with Crippen molar-refractivity contribution in [2.24, 2.45) is 0 Å². The molecule has 0 atom stereocenters. The first-order valence-corrected chi connectivity index (χ1v) is 6.40. The Morgan fingerprint density at radius 3 is 3.00 bits per heavy atom. The summed E-state index contributed by atoms with van der Waals surface area (Å²) in [4.78, 5) is 4.46. The van der Waals surface area contributed by atoms with Crippen molar-refractivity contribution in [2.75, 3.05) is 25.6 Å². The molecule has 7 heteroatoms. The number of methoxy groups -OCH3 is 1. The molecular formula is C12H20N6O. The number of nitrogens with zero attached hydrogens (tertiary/aromatic N) is 5. The molecule has 0 fully saturated rings. The van der Waals surface area contributed by atoms with Crippen LogP contribution in [0.4, 0.5) is 5.95 Å². The van der Waals surface area contributed by atoms with Gasteiger partial charge in [-0.15, -0.1) is 5.10 Å². The largest absolute Gasteiger partial charge is 0.383 e. The SMILES string of the molecule is COCCn1cc(C)nc1NCCCn1ccnn1. The Morgan fingerprint density at radius 2 is 2.26 bits per heavy atom. The van der Waals surface area contributed by atoms with E-state index in [1.165, 1.54) is 0 Å². The van der Waals surface area contributed by atoms with E-state index in [1.807, 2.05) is 24.0 Å². The molecule has 0 aromatic carbocycles. The molecule has 0 bridgehead atoms. The van der Waals surface area contributed by atoms with Gasteiger partial charge in [-0.05, 0) is 13.3 Å². The Morgan fingerprint density at radius 1 is 1.37 bits per heavy atom. The van der Waals surface area contributed by atoms with E-state index in [2.05, 4.69) is 25.2 Å². The predicted octanol–water partition coefficient (Wildman–Crippen LogP) is 0.932. The van der Waals surface area contributed by atoms with E-state index < -0.39 is 0 Å². The van der Waals surface area contributed by atoms with Gasteiger partial charge in [0, 0.05) is 39.1 Å². The number of imidazole rings is 1. The van der Waals surface area contributed by atoms with Crippen LogP contribution in [-0.2, 0) is 17.8 Å². The highest BCUT2D eigenvalue weighted by atomic mass is 16.5. The van der Waals surface area contributed by atoms with Crippen LogP contribution in [0.25, 0.3) is 0 Å². The summed E-state index contributed by atoms with van der Waals surface area (Å²) in [7, 11) is 1.70. The molecule has 2 heterocycles. The topological polar surface area (TPSA) is 69.8 Å². The molecule has 0 amide bonds. The number of aryl methyl sites for hydroxylation is 2. The van der Waals surface area contributed by atoms with Gasteiger partial charge in [0.05, 0.1) is 18.5 Å². The maximum atomic E-state index is 5.09. The highest BCUT2D eigenvalue weighted by molar-refractivity contribution is 5.28. The maximum Gasteiger partial charge on any atom is 0.203 e. The Bertz CT molecular complexity index is 478. The van der Waals surface area contributed by atoms with Gasteiger partial charge in [0.1, 0.15) is 0 Å². The third-order valence-electron chi connectivity index (χ3n) is 2.75. The van der Waals surface area contributed by atoms with Gasteiger partial charge in [-0.1, -0.05) is 5.21 Å². The Kier molecular flexibility index (Phi) is 4.91. The highest BCUT2D eigenvalue weighted by Crippen LogP contribution is 2.08. The predicted molar refractivity (Wildman–Crippen MR) is 72.0 cm³/mol. The first-order chi connectivity index (χ1) is 9.29. The van der Waals surface area contributed by atoms with Gasteiger partial charge < -0.3 is 14.6 Å². The van der Waals surface area contributed by atoms with Crippen LogP contribution in [0.2, 0.25) is 0 Å². The van der Waals surface area contributed by atoms with E-state index in [-0.39, 0.29) is 0 Å². The quantitative estimate of drug-likeness (QED) is 0.718.